The Hall–Kier alpha value is -3.62. The van der Waals surface area contributed by atoms with Gasteiger partial charge in [-0.15, -0.1) is 0 Å². The minimum atomic E-state index is -0.568. The molecule has 2 aromatic rings. The molecule has 2 amide bonds. The van der Waals surface area contributed by atoms with E-state index < -0.39 is 16.7 Å². The van der Waals surface area contributed by atoms with Gasteiger partial charge in [-0.1, -0.05) is 6.07 Å². The van der Waals surface area contributed by atoms with Crippen molar-refractivity contribution >= 4 is 23.7 Å². The Labute approximate surface area is 142 Å². The maximum Gasteiger partial charge on any atom is 0.269 e. The molecule has 1 heterocycles. The van der Waals surface area contributed by atoms with E-state index in [1.165, 1.54) is 30.5 Å². The first-order valence-corrected chi connectivity index (χ1v) is 7.26. The van der Waals surface area contributed by atoms with Gasteiger partial charge in [-0.05, 0) is 29.3 Å². The van der Waals surface area contributed by atoms with Crippen LogP contribution in [-0.4, -0.2) is 27.9 Å². The molecule has 0 unspecified atom stereocenters. The number of carbonyl (C=O) groups is 2. The molecule has 1 aromatic carbocycles. The Bertz CT molecular complexity index is 775. The van der Waals surface area contributed by atoms with Crippen LogP contribution in [0.2, 0.25) is 0 Å². The van der Waals surface area contributed by atoms with Gasteiger partial charge in [-0.25, -0.2) is 5.43 Å². The standard InChI is InChI=1S/C16H15N5O4/c22-15(18-10-13-2-1-7-17-9-13)8-16(23)20-19-11-12-3-5-14(6-4-12)21(24)25/h1-7,9,11H,8,10H2,(H,18,22)(H,20,23). The van der Waals surface area contributed by atoms with Crippen molar-refractivity contribution in [3.8, 4) is 0 Å². The highest BCUT2D eigenvalue weighted by Gasteiger charge is 2.08. The number of benzene rings is 1. The smallest absolute Gasteiger partial charge is 0.269 e. The molecule has 9 nitrogen and oxygen atoms in total. The van der Waals surface area contributed by atoms with Gasteiger partial charge in [0.25, 0.3) is 5.69 Å². The molecule has 0 fully saturated rings. The van der Waals surface area contributed by atoms with Crippen molar-refractivity contribution < 1.29 is 14.5 Å². The molecule has 0 saturated carbocycles. The number of nitrogens with zero attached hydrogens (tertiary/aromatic N) is 3. The second-order valence-corrected chi connectivity index (χ2v) is 4.96. The predicted molar refractivity (Wildman–Crippen MR) is 89.5 cm³/mol. The van der Waals surface area contributed by atoms with Crippen molar-refractivity contribution in [3.05, 3.63) is 70.0 Å². The van der Waals surface area contributed by atoms with E-state index in [1.54, 1.807) is 18.5 Å². The Morgan fingerprint density at radius 3 is 2.60 bits per heavy atom. The molecule has 128 valence electrons. The first-order valence-electron chi connectivity index (χ1n) is 7.26. The average Bonchev–Trinajstić information content (AvgIpc) is 2.61. The molecule has 25 heavy (non-hydrogen) atoms. The highest BCUT2D eigenvalue weighted by atomic mass is 16.6. The van der Waals surface area contributed by atoms with Crippen molar-refractivity contribution in [2.75, 3.05) is 0 Å². The zero-order chi connectivity index (χ0) is 18.1. The summed E-state index contributed by atoms with van der Waals surface area (Å²) in [7, 11) is 0. The number of hydrazone groups is 1. The molecule has 0 aliphatic rings. The van der Waals surface area contributed by atoms with Crippen LogP contribution < -0.4 is 10.7 Å². The Morgan fingerprint density at radius 1 is 1.20 bits per heavy atom. The van der Waals surface area contributed by atoms with E-state index in [4.69, 9.17) is 0 Å². The molecule has 0 radical (unpaired) electrons. The Balaban J connectivity index is 1.74. The summed E-state index contributed by atoms with van der Waals surface area (Å²) in [6, 6.07) is 9.20. The first-order chi connectivity index (χ1) is 12.0. The molecule has 0 aliphatic heterocycles. The van der Waals surface area contributed by atoms with Gasteiger partial charge in [0.15, 0.2) is 0 Å². The Morgan fingerprint density at radius 2 is 1.96 bits per heavy atom. The molecule has 2 rings (SSSR count). The Kier molecular flexibility index (Phi) is 6.29. The van der Waals surface area contributed by atoms with E-state index in [1.807, 2.05) is 6.07 Å². The summed E-state index contributed by atoms with van der Waals surface area (Å²) in [6.07, 6.45) is 4.21. The SMILES string of the molecule is O=C(CC(=O)NN=Cc1ccc([N+](=O)[O-])cc1)NCc1cccnc1. The maximum absolute atomic E-state index is 11.7. The molecule has 2 N–H and O–H groups in total. The lowest BCUT2D eigenvalue weighted by Gasteiger charge is -2.04. The largest absolute Gasteiger partial charge is 0.352 e. The van der Waals surface area contributed by atoms with E-state index in [0.717, 1.165) is 5.56 Å². The van der Waals surface area contributed by atoms with Crippen LogP contribution in [0.15, 0.2) is 53.9 Å². The van der Waals surface area contributed by atoms with Gasteiger partial charge in [-0.2, -0.15) is 5.10 Å². The summed E-state index contributed by atoms with van der Waals surface area (Å²) in [4.78, 5) is 37.2. The van der Waals surface area contributed by atoms with E-state index in [2.05, 4.69) is 20.8 Å². The topological polar surface area (TPSA) is 127 Å². The van der Waals surface area contributed by atoms with Crippen molar-refractivity contribution in [2.24, 2.45) is 5.10 Å². The lowest BCUT2D eigenvalue weighted by molar-refractivity contribution is -0.384. The third-order valence-electron chi connectivity index (χ3n) is 3.04. The lowest BCUT2D eigenvalue weighted by Crippen LogP contribution is -2.29. The molecular formula is C16H15N5O4. The van der Waals surface area contributed by atoms with Crippen LogP contribution in [0.1, 0.15) is 17.5 Å². The number of pyridine rings is 1. The van der Waals surface area contributed by atoms with Gasteiger partial charge < -0.3 is 5.32 Å². The number of carbonyl (C=O) groups excluding carboxylic acids is 2. The number of amides is 2. The number of hydrogen-bond acceptors (Lipinski definition) is 6. The highest BCUT2D eigenvalue weighted by Crippen LogP contribution is 2.10. The van der Waals surface area contributed by atoms with Crippen LogP contribution in [-0.2, 0) is 16.1 Å². The van der Waals surface area contributed by atoms with Gasteiger partial charge in [0.05, 0.1) is 11.1 Å². The fourth-order valence-corrected chi connectivity index (χ4v) is 1.81. The van der Waals surface area contributed by atoms with Crippen molar-refractivity contribution in [3.63, 3.8) is 0 Å². The second kappa shape index (κ2) is 8.87. The number of nitro groups is 1. The fraction of sp³-hybridized carbons (Fsp3) is 0.125. The van der Waals surface area contributed by atoms with Crippen LogP contribution in [0.25, 0.3) is 0 Å². The molecule has 0 saturated heterocycles. The normalized spacial score (nSPS) is 10.4. The van der Waals surface area contributed by atoms with E-state index in [9.17, 15) is 19.7 Å². The van der Waals surface area contributed by atoms with E-state index in [0.29, 0.717) is 5.56 Å². The van der Waals surface area contributed by atoms with Crippen LogP contribution in [0.4, 0.5) is 5.69 Å². The number of nitro benzene ring substituents is 1. The van der Waals surface area contributed by atoms with Crippen LogP contribution in [0.3, 0.4) is 0 Å². The molecule has 0 aliphatic carbocycles. The summed E-state index contributed by atoms with van der Waals surface area (Å²) >= 11 is 0. The van der Waals surface area contributed by atoms with Crippen molar-refractivity contribution in [2.45, 2.75) is 13.0 Å². The molecule has 0 atom stereocenters. The van der Waals surface area contributed by atoms with Gasteiger partial charge >= 0.3 is 0 Å². The number of aromatic nitrogens is 1. The first kappa shape index (κ1) is 17.7. The fourth-order valence-electron chi connectivity index (χ4n) is 1.81. The van der Waals surface area contributed by atoms with Gasteiger partial charge in [0.1, 0.15) is 6.42 Å². The molecule has 1 aromatic heterocycles. The minimum Gasteiger partial charge on any atom is -0.352 e. The maximum atomic E-state index is 11.7. The van der Waals surface area contributed by atoms with Crippen LogP contribution in [0, 0.1) is 10.1 Å². The van der Waals surface area contributed by atoms with E-state index >= 15 is 0 Å². The molecule has 9 heteroatoms. The zero-order valence-electron chi connectivity index (χ0n) is 13.1. The zero-order valence-corrected chi connectivity index (χ0v) is 13.1. The van der Waals surface area contributed by atoms with E-state index in [-0.39, 0.29) is 18.7 Å². The van der Waals surface area contributed by atoms with Gasteiger partial charge in [-0.3, -0.25) is 24.7 Å². The summed E-state index contributed by atoms with van der Waals surface area (Å²) in [5.74, 6) is -1.01. The quantitative estimate of drug-likeness (QED) is 0.338. The number of rotatable bonds is 7. The monoisotopic (exact) mass is 341 g/mol. The molecular weight excluding hydrogens is 326 g/mol. The lowest BCUT2D eigenvalue weighted by atomic mass is 10.2. The highest BCUT2D eigenvalue weighted by molar-refractivity contribution is 5.97. The molecule has 0 bridgehead atoms. The molecule has 0 spiro atoms. The summed E-state index contributed by atoms with van der Waals surface area (Å²) < 4.78 is 0. The number of hydrogen-bond donors (Lipinski definition) is 2. The number of nitrogens with one attached hydrogen (secondary N) is 2. The summed E-state index contributed by atoms with van der Waals surface area (Å²) in [5, 5.41) is 16.8. The van der Waals surface area contributed by atoms with Crippen molar-refractivity contribution in [1.29, 1.82) is 0 Å². The van der Waals surface area contributed by atoms with Crippen LogP contribution in [0.5, 0.6) is 0 Å². The summed E-state index contributed by atoms with van der Waals surface area (Å²) in [5.41, 5.74) is 3.59. The third kappa shape index (κ3) is 6.18. The van der Waals surface area contributed by atoms with Gasteiger partial charge in [0, 0.05) is 31.1 Å². The minimum absolute atomic E-state index is 0.0357. The van der Waals surface area contributed by atoms with Gasteiger partial charge in [0.2, 0.25) is 11.8 Å². The average molecular weight is 341 g/mol. The third-order valence-corrected chi connectivity index (χ3v) is 3.04. The van der Waals surface area contributed by atoms with Crippen molar-refractivity contribution in [1.82, 2.24) is 15.7 Å². The summed E-state index contributed by atoms with van der Waals surface area (Å²) in [6.45, 7) is 0.284. The van der Waals surface area contributed by atoms with Crippen LogP contribution >= 0.6 is 0 Å². The number of non-ortho nitro benzene ring substituents is 1. The second-order valence-electron chi connectivity index (χ2n) is 4.96. The predicted octanol–water partition coefficient (Wildman–Crippen LogP) is 1.15.